The van der Waals surface area contributed by atoms with Crippen molar-refractivity contribution in [2.75, 3.05) is 33.7 Å². The lowest BCUT2D eigenvalue weighted by molar-refractivity contribution is 0.147. The normalized spacial score (nSPS) is 18.7. The van der Waals surface area contributed by atoms with Crippen molar-refractivity contribution in [3.05, 3.63) is 56.6 Å². The molecule has 1 spiro atoms. The van der Waals surface area contributed by atoms with Gasteiger partial charge in [-0.2, -0.15) is 5.10 Å². The first-order chi connectivity index (χ1) is 13.5. The molecule has 0 N–H and O–H groups in total. The number of pyridine rings is 1. The molecular formula is C20H28N6O2. The summed E-state index contributed by atoms with van der Waals surface area (Å²) in [6, 6.07) is 6.01. The van der Waals surface area contributed by atoms with Crippen molar-refractivity contribution >= 4 is 0 Å². The first-order valence-electron chi connectivity index (χ1n) is 9.98. The number of likely N-dealkylation sites (tertiary alicyclic amines) is 1. The van der Waals surface area contributed by atoms with E-state index in [0.717, 1.165) is 50.4 Å². The van der Waals surface area contributed by atoms with Gasteiger partial charge in [0.25, 0.3) is 0 Å². The Morgan fingerprint density at radius 1 is 1.07 bits per heavy atom. The van der Waals surface area contributed by atoms with Crippen LogP contribution < -0.4 is 11.1 Å². The molecule has 0 aliphatic carbocycles. The molecule has 2 aromatic rings. The summed E-state index contributed by atoms with van der Waals surface area (Å²) >= 11 is 0. The minimum atomic E-state index is -0.504. The van der Waals surface area contributed by atoms with E-state index in [4.69, 9.17) is 0 Å². The largest absolute Gasteiger partial charge is 0.332 e. The highest BCUT2D eigenvalue weighted by Crippen LogP contribution is 2.41. The van der Waals surface area contributed by atoms with Crippen molar-refractivity contribution in [2.24, 2.45) is 0 Å². The second-order valence-corrected chi connectivity index (χ2v) is 8.24. The molecular weight excluding hydrogens is 356 g/mol. The zero-order chi connectivity index (χ0) is 19.7. The molecule has 8 heteroatoms. The summed E-state index contributed by atoms with van der Waals surface area (Å²) in [5.74, 6) is 0.813. The predicted octanol–water partition coefficient (Wildman–Crippen LogP) is 0.299. The molecule has 0 saturated carbocycles. The predicted molar refractivity (Wildman–Crippen MR) is 106 cm³/mol. The molecule has 28 heavy (non-hydrogen) atoms. The Morgan fingerprint density at radius 2 is 1.82 bits per heavy atom. The van der Waals surface area contributed by atoms with Crippen molar-refractivity contribution in [1.82, 2.24) is 29.1 Å². The molecule has 0 unspecified atom stereocenters. The van der Waals surface area contributed by atoms with Gasteiger partial charge in [0.15, 0.2) is 0 Å². The standard InChI is InChI=1S/C20H28N6O2/c1-23(2)13-14-26-18(28)17(27)25-12-8-20(19(25)22-26)6-10-24(11-7-20)15-16-5-3-4-9-21-16/h3-5,9H,6-8,10-15H2,1-2H3. The fourth-order valence-corrected chi connectivity index (χ4v) is 4.35. The van der Waals surface area contributed by atoms with Crippen molar-refractivity contribution in [3.63, 3.8) is 0 Å². The fourth-order valence-electron chi connectivity index (χ4n) is 4.35. The maximum absolute atomic E-state index is 12.6. The number of aromatic nitrogens is 4. The van der Waals surface area contributed by atoms with Crippen LogP contribution in [-0.2, 0) is 25.0 Å². The summed E-state index contributed by atoms with van der Waals surface area (Å²) in [5.41, 5.74) is 0.0665. The Hall–Kier alpha value is -2.32. The third-order valence-electron chi connectivity index (χ3n) is 6.11. The lowest BCUT2D eigenvalue weighted by Gasteiger charge is -2.38. The highest BCUT2D eigenvalue weighted by atomic mass is 16.2. The van der Waals surface area contributed by atoms with E-state index in [1.54, 1.807) is 4.57 Å². The van der Waals surface area contributed by atoms with Crippen molar-refractivity contribution < 1.29 is 0 Å². The molecule has 2 aliphatic heterocycles. The van der Waals surface area contributed by atoms with Gasteiger partial charge < -0.3 is 4.90 Å². The lowest BCUT2D eigenvalue weighted by atomic mass is 9.76. The Bertz CT molecular complexity index is 941. The van der Waals surface area contributed by atoms with E-state index in [1.165, 1.54) is 4.68 Å². The number of rotatable bonds is 5. The van der Waals surface area contributed by atoms with Gasteiger partial charge in [-0.25, -0.2) is 4.68 Å². The van der Waals surface area contributed by atoms with Crippen LogP contribution in [0.2, 0.25) is 0 Å². The molecule has 2 aliphatic rings. The second kappa shape index (κ2) is 7.60. The quantitative estimate of drug-likeness (QED) is 0.690. The molecule has 0 atom stereocenters. The average molecular weight is 384 g/mol. The smallest absolute Gasteiger partial charge is 0.308 e. The maximum Gasteiger partial charge on any atom is 0.332 e. The summed E-state index contributed by atoms with van der Waals surface area (Å²) in [7, 11) is 3.90. The van der Waals surface area contributed by atoms with Gasteiger partial charge in [-0.05, 0) is 58.6 Å². The second-order valence-electron chi connectivity index (χ2n) is 8.24. The van der Waals surface area contributed by atoms with Crippen LogP contribution in [0.5, 0.6) is 0 Å². The third-order valence-corrected chi connectivity index (χ3v) is 6.11. The Kier molecular flexibility index (Phi) is 5.16. The van der Waals surface area contributed by atoms with Crippen LogP contribution in [0, 0.1) is 0 Å². The number of nitrogens with zero attached hydrogens (tertiary/aromatic N) is 6. The Morgan fingerprint density at radius 3 is 2.50 bits per heavy atom. The van der Waals surface area contributed by atoms with Crippen LogP contribution in [0.3, 0.4) is 0 Å². The monoisotopic (exact) mass is 384 g/mol. The van der Waals surface area contributed by atoms with Crippen molar-refractivity contribution in [1.29, 1.82) is 0 Å². The van der Waals surface area contributed by atoms with Gasteiger partial charge in [0.2, 0.25) is 0 Å². The zero-order valence-corrected chi connectivity index (χ0v) is 16.7. The molecule has 4 rings (SSSR count). The van der Waals surface area contributed by atoms with Crippen LogP contribution in [0.15, 0.2) is 34.0 Å². The van der Waals surface area contributed by atoms with Gasteiger partial charge in [-0.3, -0.25) is 24.0 Å². The zero-order valence-electron chi connectivity index (χ0n) is 16.7. The third kappa shape index (κ3) is 3.54. The summed E-state index contributed by atoms with van der Waals surface area (Å²) in [6.07, 6.45) is 4.64. The number of hydrogen-bond acceptors (Lipinski definition) is 6. The van der Waals surface area contributed by atoms with Crippen molar-refractivity contribution in [2.45, 2.75) is 44.3 Å². The Balaban J connectivity index is 1.54. The van der Waals surface area contributed by atoms with Crippen LogP contribution in [0.25, 0.3) is 0 Å². The fraction of sp³-hybridized carbons (Fsp3) is 0.600. The lowest BCUT2D eigenvalue weighted by Crippen LogP contribution is -2.47. The van der Waals surface area contributed by atoms with E-state index in [2.05, 4.69) is 21.0 Å². The first-order valence-corrected chi connectivity index (χ1v) is 9.98. The van der Waals surface area contributed by atoms with E-state index < -0.39 is 11.1 Å². The molecule has 150 valence electrons. The van der Waals surface area contributed by atoms with E-state index in [0.29, 0.717) is 19.6 Å². The number of piperidine rings is 1. The van der Waals surface area contributed by atoms with Crippen LogP contribution >= 0.6 is 0 Å². The first kappa shape index (κ1) is 19.0. The minimum Gasteiger partial charge on any atom is -0.308 e. The average Bonchev–Trinajstić information content (AvgIpc) is 3.04. The molecule has 0 radical (unpaired) electrons. The highest BCUT2D eigenvalue weighted by Gasteiger charge is 2.44. The molecule has 4 heterocycles. The summed E-state index contributed by atoms with van der Waals surface area (Å²) in [5, 5.41) is 4.68. The number of hydrogen-bond donors (Lipinski definition) is 0. The molecule has 2 aromatic heterocycles. The van der Waals surface area contributed by atoms with Crippen LogP contribution in [0.4, 0.5) is 0 Å². The van der Waals surface area contributed by atoms with Gasteiger partial charge in [0.05, 0.1) is 12.2 Å². The summed E-state index contributed by atoms with van der Waals surface area (Å²) in [4.78, 5) is 33.8. The topological polar surface area (TPSA) is 76.3 Å². The number of fused-ring (bicyclic) bond motifs is 2. The van der Waals surface area contributed by atoms with Gasteiger partial charge in [-0.1, -0.05) is 6.07 Å². The number of likely N-dealkylation sites (N-methyl/N-ethyl adjacent to an activating group) is 1. The highest BCUT2D eigenvalue weighted by molar-refractivity contribution is 5.16. The van der Waals surface area contributed by atoms with E-state index in [1.807, 2.05) is 37.3 Å². The van der Waals surface area contributed by atoms with Gasteiger partial charge in [0, 0.05) is 31.2 Å². The van der Waals surface area contributed by atoms with Gasteiger partial charge >= 0.3 is 11.1 Å². The Labute approximate surface area is 164 Å². The molecule has 8 nitrogen and oxygen atoms in total. The van der Waals surface area contributed by atoms with Gasteiger partial charge in [-0.15, -0.1) is 0 Å². The molecule has 0 bridgehead atoms. The van der Waals surface area contributed by atoms with Crippen molar-refractivity contribution in [3.8, 4) is 0 Å². The van der Waals surface area contributed by atoms with E-state index in [-0.39, 0.29) is 5.41 Å². The summed E-state index contributed by atoms with van der Waals surface area (Å²) < 4.78 is 3.00. The molecule has 1 saturated heterocycles. The van der Waals surface area contributed by atoms with Gasteiger partial charge in [0.1, 0.15) is 5.82 Å². The van der Waals surface area contributed by atoms with Crippen LogP contribution in [0.1, 0.15) is 30.8 Å². The van der Waals surface area contributed by atoms with E-state index >= 15 is 0 Å². The molecule has 0 aromatic carbocycles. The van der Waals surface area contributed by atoms with Crippen LogP contribution in [-0.4, -0.2) is 62.9 Å². The van der Waals surface area contributed by atoms with E-state index in [9.17, 15) is 9.59 Å². The molecule has 1 fully saturated rings. The maximum atomic E-state index is 12.6. The SMILES string of the molecule is CN(C)CCn1nc2n(c(=O)c1=O)CCC21CCN(Cc2ccccn2)CC1. The minimum absolute atomic E-state index is 0.0899. The molecule has 0 amide bonds. The summed E-state index contributed by atoms with van der Waals surface area (Å²) in [6.45, 7) is 4.47.